The second-order valence-electron chi connectivity index (χ2n) is 3.77. The van der Waals surface area contributed by atoms with Crippen molar-refractivity contribution in [1.29, 1.82) is 0 Å². The van der Waals surface area contributed by atoms with Crippen molar-refractivity contribution in [2.45, 2.75) is 17.0 Å². The van der Waals surface area contributed by atoms with Crippen LogP contribution in [0.5, 0.6) is 0 Å². The molecule has 1 aromatic carbocycles. The first kappa shape index (κ1) is 13.8. The molecule has 0 saturated carbocycles. The average Bonchev–Trinajstić information content (AvgIpc) is 2.26. The summed E-state index contributed by atoms with van der Waals surface area (Å²) in [6.45, 7) is 1.49. The maximum atomic E-state index is 11.6. The summed E-state index contributed by atoms with van der Waals surface area (Å²) in [5, 5.41) is 0.352. The van der Waals surface area contributed by atoms with Gasteiger partial charge in [-0.3, -0.25) is 9.59 Å². The van der Waals surface area contributed by atoms with Crippen molar-refractivity contribution in [3.8, 4) is 0 Å². The third-order valence-corrected chi connectivity index (χ3v) is 3.71. The van der Waals surface area contributed by atoms with Crippen LogP contribution in [0.3, 0.4) is 0 Å². The maximum Gasteiger partial charge on any atom is 0.253 e. The van der Waals surface area contributed by atoms with Crippen LogP contribution in [0.1, 0.15) is 17.3 Å². The van der Waals surface area contributed by atoms with Crippen LogP contribution in [0.25, 0.3) is 0 Å². The first-order valence-corrected chi connectivity index (χ1v) is 6.92. The highest BCUT2D eigenvalue weighted by atomic mass is 79.9. The Morgan fingerprint density at radius 1 is 1.42 bits per heavy atom. The van der Waals surface area contributed by atoms with Crippen molar-refractivity contribution >= 4 is 39.3 Å². The third-order valence-electron chi connectivity index (χ3n) is 2.27. The van der Waals surface area contributed by atoms with Gasteiger partial charge in [-0.25, -0.2) is 4.98 Å². The molecule has 0 fully saturated rings. The molecule has 0 saturated heterocycles. The zero-order valence-corrected chi connectivity index (χ0v) is 12.3. The molecule has 2 rings (SSSR count). The van der Waals surface area contributed by atoms with Crippen molar-refractivity contribution < 1.29 is 4.79 Å². The molecule has 0 aliphatic rings. The third kappa shape index (κ3) is 3.45. The van der Waals surface area contributed by atoms with Crippen molar-refractivity contribution in [2.24, 2.45) is 0 Å². The van der Waals surface area contributed by atoms with E-state index in [1.54, 1.807) is 18.2 Å². The minimum absolute atomic E-state index is 0.0544. The summed E-state index contributed by atoms with van der Waals surface area (Å²) < 4.78 is 0.839. The van der Waals surface area contributed by atoms with Gasteiger partial charge in [0.25, 0.3) is 5.56 Å². The minimum Gasteiger partial charge on any atom is -0.383 e. The fourth-order valence-corrected chi connectivity index (χ4v) is 3.01. The summed E-state index contributed by atoms with van der Waals surface area (Å²) in [5.41, 5.74) is 5.76. The molecule has 0 aliphatic heterocycles. The van der Waals surface area contributed by atoms with E-state index in [-0.39, 0.29) is 17.2 Å². The monoisotopic (exact) mass is 339 g/mol. The van der Waals surface area contributed by atoms with E-state index in [1.165, 1.54) is 24.8 Å². The Labute approximate surface area is 121 Å². The number of aromatic nitrogens is 2. The molecule has 3 N–H and O–H groups in total. The van der Waals surface area contributed by atoms with Crippen LogP contribution < -0.4 is 11.3 Å². The van der Waals surface area contributed by atoms with Gasteiger partial charge in [0, 0.05) is 21.0 Å². The van der Waals surface area contributed by atoms with E-state index in [0.717, 1.165) is 4.47 Å². The first-order valence-electron chi connectivity index (χ1n) is 5.31. The lowest BCUT2D eigenvalue weighted by atomic mass is 10.1. The molecule has 1 aromatic heterocycles. The van der Waals surface area contributed by atoms with Crippen LogP contribution in [0.15, 0.2) is 43.6 Å². The predicted molar refractivity (Wildman–Crippen MR) is 77.5 cm³/mol. The lowest BCUT2D eigenvalue weighted by Gasteiger charge is -2.06. The van der Waals surface area contributed by atoms with Gasteiger partial charge in [-0.2, -0.15) is 0 Å². The molecule has 5 nitrogen and oxygen atoms in total. The van der Waals surface area contributed by atoms with Crippen LogP contribution >= 0.6 is 27.7 Å². The molecular weight excluding hydrogens is 330 g/mol. The van der Waals surface area contributed by atoms with Gasteiger partial charge in [0.2, 0.25) is 0 Å². The van der Waals surface area contributed by atoms with Gasteiger partial charge in [0.1, 0.15) is 5.82 Å². The number of anilines is 1. The topological polar surface area (TPSA) is 88.8 Å². The number of nitrogen functional groups attached to an aromatic ring is 1. The van der Waals surface area contributed by atoms with E-state index in [0.29, 0.717) is 15.6 Å². The molecule has 19 heavy (non-hydrogen) atoms. The molecular formula is C12H10BrN3O2S. The number of rotatable bonds is 3. The van der Waals surface area contributed by atoms with Crippen molar-refractivity contribution in [3.63, 3.8) is 0 Å². The molecule has 0 unspecified atom stereocenters. The van der Waals surface area contributed by atoms with E-state index in [2.05, 4.69) is 25.9 Å². The van der Waals surface area contributed by atoms with E-state index < -0.39 is 0 Å². The van der Waals surface area contributed by atoms with E-state index in [1.807, 2.05) is 0 Å². The maximum absolute atomic E-state index is 11.6. The number of H-pyrrole nitrogens is 1. The summed E-state index contributed by atoms with van der Waals surface area (Å²) >= 11 is 4.53. The number of carbonyl (C=O) groups is 1. The molecule has 98 valence electrons. The van der Waals surface area contributed by atoms with Gasteiger partial charge < -0.3 is 10.7 Å². The highest BCUT2D eigenvalue weighted by Crippen LogP contribution is 2.30. The van der Waals surface area contributed by atoms with Gasteiger partial charge in [-0.1, -0.05) is 27.7 Å². The van der Waals surface area contributed by atoms with Gasteiger partial charge in [-0.15, -0.1) is 0 Å². The summed E-state index contributed by atoms with van der Waals surface area (Å²) in [4.78, 5) is 30.2. The largest absolute Gasteiger partial charge is 0.383 e. The lowest BCUT2D eigenvalue weighted by molar-refractivity contribution is 0.101. The van der Waals surface area contributed by atoms with Crippen LogP contribution in [-0.2, 0) is 0 Å². The first-order chi connectivity index (χ1) is 8.95. The fourth-order valence-electron chi connectivity index (χ4n) is 1.48. The summed E-state index contributed by atoms with van der Waals surface area (Å²) in [6.07, 6.45) is 0. The number of nitrogens with one attached hydrogen (secondary N) is 1. The SMILES string of the molecule is CC(=O)c1ccc(Br)cc1Sc1nc(N)cc(=O)[nH]1. The zero-order chi connectivity index (χ0) is 14.0. The quantitative estimate of drug-likeness (QED) is 0.662. The normalized spacial score (nSPS) is 10.4. The molecule has 0 radical (unpaired) electrons. The molecule has 7 heteroatoms. The Bertz CT molecular complexity index is 700. The summed E-state index contributed by atoms with van der Waals surface area (Å²) in [6, 6.07) is 6.51. The van der Waals surface area contributed by atoms with Gasteiger partial charge in [0.05, 0.1) is 0 Å². The van der Waals surface area contributed by atoms with Crippen LogP contribution in [0, 0.1) is 0 Å². The molecule has 0 amide bonds. The molecule has 0 atom stereocenters. The number of hydrogen-bond donors (Lipinski definition) is 2. The highest BCUT2D eigenvalue weighted by Gasteiger charge is 2.11. The van der Waals surface area contributed by atoms with E-state index >= 15 is 0 Å². The number of aromatic amines is 1. The number of Topliss-reactive ketones (excluding diaryl/α,β-unsaturated/α-hetero) is 1. The number of hydrogen-bond acceptors (Lipinski definition) is 5. The van der Waals surface area contributed by atoms with E-state index in [4.69, 9.17) is 5.73 Å². The van der Waals surface area contributed by atoms with E-state index in [9.17, 15) is 9.59 Å². The van der Waals surface area contributed by atoms with Crippen LogP contribution in [-0.4, -0.2) is 15.8 Å². The predicted octanol–water partition coefficient (Wildman–Crippen LogP) is 2.47. The van der Waals surface area contributed by atoms with Crippen molar-refractivity contribution in [1.82, 2.24) is 9.97 Å². The van der Waals surface area contributed by atoms with Crippen molar-refractivity contribution in [2.75, 3.05) is 5.73 Å². The average molecular weight is 340 g/mol. The Hall–Kier alpha value is -1.60. The molecule has 2 aromatic rings. The number of benzene rings is 1. The molecule has 0 spiro atoms. The molecule has 1 heterocycles. The van der Waals surface area contributed by atoms with Crippen LogP contribution in [0.4, 0.5) is 5.82 Å². The number of nitrogens with zero attached hydrogens (tertiary/aromatic N) is 1. The Morgan fingerprint density at radius 2 is 2.16 bits per heavy atom. The Balaban J connectivity index is 2.45. The van der Waals surface area contributed by atoms with Crippen molar-refractivity contribution in [3.05, 3.63) is 44.7 Å². The number of halogens is 1. The Morgan fingerprint density at radius 3 is 2.79 bits per heavy atom. The van der Waals surface area contributed by atoms with Gasteiger partial charge in [0.15, 0.2) is 10.9 Å². The smallest absolute Gasteiger partial charge is 0.253 e. The Kier molecular flexibility index (Phi) is 4.06. The molecule has 0 aliphatic carbocycles. The summed E-state index contributed by atoms with van der Waals surface area (Å²) in [7, 11) is 0. The van der Waals surface area contributed by atoms with Crippen LogP contribution in [0.2, 0.25) is 0 Å². The second-order valence-corrected chi connectivity index (χ2v) is 5.72. The number of nitrogens with two attached hydrogens (primary N) is 1. The fraction of sp³-hybridized carbons (Fsp3) is 0.0833. The summed E-state index contributed by atoms with van der Waals surface area (Å²) in [5.74, 6) is 0.0897. The second kappa shape index (κ2) is 5.58. The lowest BCUT2D eigenvalue weighted by Crippen LogP contribution is -2.09. The minimum atomic E-state index is -0.325. The van der Waals surface area contributed by atoms with Gasteiger partial charge >= 0.3 is 0 Å². The molecule has 0 bridgehead atoms. The number of carbonyl (C=O) groups excluding carboxylic acids is 1. The number of ketones is 1. The zero-order valence-electron chi connectivity index (χ0n) is 9.94. The highest BCUT2D eigenvalue weighted by molar-refractivity contribution is 9.10. The standard InChI is InChI=1S/C12H10BrN3O2S/c1-6(17)8-3-2-7(13)4-9(8)19-12-15-10(14)5-11(18)16-12/h2-5H,1H3,(H3,14,15,16,18). The van der Waals surface area contributed by atoms with Gasteiger partial charge in [-0.05, 0) is 25.1 Å².